The van der Waals surface area contributed by atoms with Crippen molar-refractivity contribution < 1.29 is 4.74 Å². The first-order chi connectivity index (χ1) is 10.3. The van der Waals surface area contributed by atoms with Crippen LogP contribution < -0.4 is 10.5 Å². The van der Waals surface area contributed by atoms with Gasteiger partial charge in [0.05, 0.1) is 22.5 Å². The van der Waals surface area contributed by atoms with E-state index in [1.54, 1.807) is 23.1 Å². The van der Waals surface area contributed by atoms with Crippen molar-refractivity contribution >= 4 is 39.0 Å². The Labute approximate surface area is 132 Å². The van der Waals surface area contributed by atoms with Crippen LogP contribution in [-0.2, 0) is 0 Å². The van der Waals surface area contributed by atoms with Crippen LogP contribution in [0.4, 0.5) is 5.69 Å². The van der Waals surface area contributed by atoms with Gasteiger partial charge in [0.15, 0.2) is 4.34 Å². The quantitative estimate of drug-likeness (QED) is 0.415. The molecule has 0 aliphatic carbocycles. The van der Waals surface area contributed by atoms with Crippen LogP contribution in [0.2, 0.25) is 0 Å². The van der Waals surface area contributed by atoms with Crippen LogP contribution in [0, 0.1) is 0 Å². The van der Waals surface area contributed by atoms with Gasteiger partial charge in [-0.3, -0.25) is 0 Å². The number of thiazole rings is 1. The third kappa shape index (κ3) is 3.68. The van der Waals surface area contributed by atoms with Crippen LogP contribution in [-0.4, -0.2) is 17.3 Å². The molecule has 0 radical (unpaired) electrons. The molecule has 1 heterocycles. The molecule has 0 aliphatic rings. The molecule has 3 aromatic rings. The zero-order valence-electron chi connectivity index (χ0n) is 11.5. The van der Waals surface area contributed by atoms with Crippen molar-refractivity contribution in [1.82, 2.24) is 4.98 Å². The fraction of sp³-hybridized carbons (Fsp3) is 0.188. The lowest BCUT2D eigenvalue weighted by molar-refractivity contribution is 0.320. The van der Waals surface area contributed by atoms with E-state index < -0.39 is 0 Å². The predicted octanol–water partition coefficient (Wildman–Crippen LogP) is 4.44. The van der Waals surface area contributed by atoms with Gasteiger partial charge in [0, 0.05) is 5.75 Å². The molecule has 0 unspecified atom stereocenters. The van der Waals surface area contributed by atoms with E-state index in [9.17, 15) is 0 Å². The summed E-state index contributed by atoms with van der Waals surface area (Å²) in [5.41, 5.74) is 7.60. The maximum Gasteiger partial charge on any atom is 0.151 e. The molecule has 3 rings (SSSR count). The molecular weight excluding hydrogens is 300 g/mol. The molecule has 0 aliphatic heterocycles. The van der Waals surface area contributed by atoms with Gasteiger partial charge in [0.25, 0.3) is 0 Å². The number of rotatable bonds is 6. The first-order valence-corrected chi connectivity index (χ1v) is 8.59. The van der Waals surface area contributed by atoms with Crippen LogP contribution in [0.25, 0.3) is 10.2 Å². The average molecular weight is 316 g/mol. The number of thioether (sulfide) groups is 1. The number of benzene rings is 2. The molecule has 21 heavy (non-hydrogen) atoms. The molecule has 0 saturated carbocycles. The molecular formula is C16H16N2OS2. The molecule has 2 aromatic carbocycles. The highest BCUT2D eigenvalue weighted by atomic mass is 32.2. The summed E-state index contributed by atoms with van der Waals surface area (Å²) in [7, 11) is 0. The number of aromatic nitrogens is 1. The Bertz CT molecular complexity index is 694. The Balaban J connectivity index is 1.45. The highest BCUT2D eigenvalue weighted by molar-refractivity contribution is 8.01. The van der Waals surface area contributed by atoms with E-state index in [1.165, 1.54) is 4.70 Å². The highest BCUT2D eigenvalue weighted by Gasteiger charge is 2.03. The molecule has 0 amide bonds. The maximum absolute atomic E-state index is 5.83. The second kappa shape index (κ2) is 6.83. The van der Waals surface area contributed by atoms with Gasteiger partial charge in [0.1, 0.15) is 5.75 Å². The molecule has 0 spiro atoms. The SMILES string of the molecule is Nc1ccccc1OCCCSc1nc2ccccc2s1. The van der Waals surface area contributed by atoms with E-state index in [2.05, 4.69) is 17.1 Å². The zero-order valence-corrected chi connectivity index (χ0v) is 13.1. The zero-order chi connectivity index (χ0) is 14.5. The fourth-order valence-corrected chi connectivity index (χ4v) is 3.98. The third-order valence-corrected chi connectivity index (χ3v) is 5.23. The highest BCUT2D eigenvalue weighted by Crippen LogP contribution is 2.29. The number of para-hydroxylation sites is 3. The summed E-state index contributed by atoms with van der Waals surface area (Å²) < 4.78 is 8.04. The molecule has 108 valence electrons. The minimum absolute atomic E-state index is 0.673. The molecule has 0 fully saturated rings. The fourth-order valence-electron chi connectivity index (χ4n) is 1.93. The van der Waals surface area contributed by atoms with Crippen molar-refractivity contribution in [2.24, 2.45) is 0 Å². The first-order valence-electron chi connectivity index (χ1n) is 6.78. The Morgan fingerprint density at radius 2 is 1.90 bits per heavy atom. The van der Waals surface area contributed by atoms with Crippen molar-refractivity contribution in [2.45, 2.75) is 10.8 Å². The molecule has 0 saturated heterocycles. The van der Waals surface area contributed by atoms with Gasteiger partial charge in [-0.1, -0.05) is 36.0 Å². The number of nitrogens with zero attached hydrogens (tertiary/aromatic N) is 1. The van der Waals surface area contributed by atoms with Gasteiger partial charge >= 0.3 is 0 Å². The smallest absolute Gasteiger partial charge is 0.151 e. The lowest BCUT2D eigenvalue weighted by Gasteiger charge is -2.07. The molecule has 0 atom stereocenters. The normalized spacial score (nSPS) is 10.9. The second-order valence-corrected chi connectivity index (χ2v) is 6.91. The van der Waals surface area contributed by atoms with Gasteiger partial charge in [-0.2, -0.15) is 0 Å². The van der Waals surface area contributed by atoms with E-state index in [1.807, 2.05) is 36.4 Å². The van der Waals surface area contributed by atoms with E-state index >= 15 is 0 Å². The maximum atomic E-state index is 5.83. The van der Waals surface area contributed by atoms with E-state index in [4.69, 9.17) is 10.5 Å². The summed E-state index contributed by atoms with van der Waals surface area (Å²) in [6, 6.07) is 15.8. The van der Waals surface area contributed by atoms with E-state index in [0.717, 1.165) is 27.8 Å². The lowest BCUT2D eigenvalue weighted by atomic mass is 10.3. The predicted molar refractivity (Wildman–Crippen MR) is 91.3 cm³/mol. The molecule has 0 bridgehead atoms. The number of nitrogen functional groups attached to an aromatic ring is 1. The summed E-state index contributed by atoms with van der Waals surface area (Å²) in [4.78, 5) is 4.60. The molecule has 5 heteroatoms. The van der Waals surface area contributed by atoms with Crippen molar-refractivity contribution in [3.63, 3.8) is 0 Å². The van der Waals surface area contributed by atoms with Gasteiger partial charge in [-0.15, -0.1) is 11.3 Å². The minimum atomic E-state index is 0.673. The first kappa shape index (κ1) is 14.2. The number of fused-ring (bicyclic) bond motifs is 1. The number of nitrogens with two attached hydrogens (primary N) is 1. The van der Waals surface area contributed by atoms with Gasteiger partial charge < -0.3 is 10.5 Å². The monoisotopic (exact) mass is 316 g/mol. The Morgan fingerprint density at radius 3 is 2.76 bits per heavy atom. The van der Waals surface area contributed by atoms with Gasteiger partial charge in [0.2, 0.25) is 0 Å². The van der Waals surface area contributed by atoms with Crippen LogP contribution >= 0.6 is 23.1 Å². The van der Waals surface area contributed by atoms with Crippen LogP contribution in [0.1, 0.15) is 6.42 Å². The number of ether oxygens (including phenoxy) is 1. The largest absolute Gasteiger partial charge is 0.491 e. The van der Waals surface area contributed by atoms with Crippen molar-refractivity contribution in [3.05, 3.63) is 48.5 Å². The Kier molecular flexibility index (Phi) is 4.62. The lowest BCUT2D eigenvalue weighted by Crippen LogP contribution is -2.01. The van der Waals surface area contributed by atoms with Crippen molar-refractivity contribution in [1.29, 1.82) is 0 Å². The minimum Gasteiger partial charge on any atom is -0.491 e. The van der Waals surface area contributed by atoms with E-state index in [-0.39, 0.29) is 0 Å². The number of hydrogen-bond donors (Lipinski definition) is 1. The Hall–Kier alpha value is -1.72. The van der Waals surface area contributed by atoms with E-state index in [0.29, 0.717) is 12.3 Å². The van der Waals surface area contributed by atoms with Crippen molar-refractivity contribution in [2.75, 3.05) is 18.1 Å². The summed E-state index contributed by atoms with van der Waals surface area (Å²) >= 11 is 3.53. The van der Waals surface area contributed by atoms with Crippen molar-refractivity contribution in [3.8, 4) is 5.75 Å². The number of hydrogen-bond acceptors (Lipinski definition) is 5. The summed E-state index contributed by atoms with van der Waals surface area (Å²) in [6.45, 7) is 0.673. The number of anilines is 1. The second-order valence-electron chi connectivity index (χ2n) is 4.54. The molecule has 2 N–H and O–H groups in total. The average Bonchev–Trinajstić information content (AvgIpc) is 2.91. The summed E-state index contributed by atoms with van der Waals surface area (Å²) in [5, 5.41) is 0. The van der Waals surface area contributed by atoms with Crippen LogP contribution in [0.3, 0.4) is 0 Å². The standard InChI is InChI=1S/C16H16N2OS2/c17-12-6-1-3-8-14(12)19-10-5-11-20-16-18-13-7-2-4-9-15(13)21-16/h1-4,6-9H,5,10-11,17H2. The molecule has 1 aromatic heterocycles. The molecule has 3 nitrogen and oxygen atoms in total. The third-order valence-electron chi connectivity index (χ3n) is 2.97. The van der Waals surface area contributed by atoms with Gasteiger partial charge in [-0.05, 0) is 30.7 Å². The van der Waals surface area contributed by atoms with Gasteiger partial charge in [-0.25, -0.2) is 4.98 Å². The topological polar surface area (TPSA) is 48.1 Å². The summed E-state index contributed by atoms with van der Waals surface area (Å²) in [6.07, 6.45) is 0.967. The van der Waals surface area contributed by atoms with Crippen LogP contribution in [0.15, 0.2) is 52.9 Å². The van der Waals surface area contributed by atoms with Crippen LogP contribution in [0.5, 0.6) is 5.75 Å². The Morgan fingerprint density at radius 1 is 1.10 bits per heavy atom. The summed E-state index contributed by atoms with van der Waals surface area (Å²) in [5.74, 6) is 1.76.